The first-order valence-electron chi connectivity index (χ1n) is 6.00. The van der Waals surface area contributed by atoms with Crippen molar-refractivity contribution in [1.29, 1.82) is 0 Å². The van der Waals surface area contributed by atoms with Crippen molar-refractivity contribution < 1.29 is 14.6 Å². The van der Waals surface area contributed by atoms with Crippen LogP contribution in [-0.2, 0) is 9.53 Å². The number of ether oxygens (including phenoxy) is 1. The highest BCUT2D eigenvalue weighted by Crippen LogP contribution is 2.19. The first-order chi connectivity index (χ1) is 7.68. The molecule has 2 aliphatic rings. The fourth-order valence-electron chi connectivity index (χ4n) is 2.41. The molecule has 1 saturated heterocycles. The minimum Gasteiger partial charge on any atom is -0.391 e. The second-order valence-corrected chi connectivity index (χ2v) is 4.77. The minimum atomic E-state index is -0.406. The highest BCUT2D eigenvalue weighted by Gasteiger charge is 2.34. The molecule has 1 amide bonds. The van der Waals surface area contributed by atoms with Gasteiger partial charge in [0.05, 0.1) is 31.3 Å². The van der Waals surface area contributed by atoms with Crippen molar-refractivity contribution in [3.63, 3.8) is 0 Å². The largest absolute Gasteiger partial charge is 0.391 e. The van der Waals surface area contributed by atoms with Gasteiger partial charge in [-0.1, -0.05) is 12.8 Å². The van der Waals surface area contributed by atoms with E-state index in [1.54, 1.807) is 0 Å². The molecule has 2 rings (SSSR count). The average Bonchev–Trinajstić information content (AvgIpc) is 2.68. The van der Waals surface area contributed by atoms with E-state index < -0.39 is 6.10 Å². The molecule has 5 nitrogen and oxygen atoms in total. The van der Waals surface area contributed by atoms with Crippen molar-refractivity contribution in [1.82, 2.24) is 5.32 Å². The van der Waals surface area contributed by atoms with E-state index in [0.717, 1.165) is 25.7 Å². The van der Waals surface area contributed by atoms with Crippen LogP contribution in [-0.4, -0.2) is 42.4 Å². The molecule has 0 aromatic heterocycles. The first kappa shape index (κ1) is 11.8. The summed E-state index contributed by atoms with van der Waals surface area (Å²) >= 11 is 0. The van der Waals surface area contributed by atoms with E-state index in [4.69, 9.17) is 10.5 Å². The van der Waals surface area contributed by atoms with Crippen molar-refractivity contribution in [2.24, 2.45) is 11.7 Å². The van der Waals surface area contributed by atoms with Crippen LogP contribution in [0.2, 0.25) is 0 Å². The first-order valence-corrected chi connectivity index (χ1v) is 6.00. The molecule has 92 valence electrons. The molecule has 4 atom stereocenters. The summed E-state index contributed by atoms with van der Waals surface area (Å²) in [5.74, 6) is -0.329. The number of carbonyl (C=O) groups excluding carboxylic acids is 1. The zero-order chi connectivity index (χ0) is 11.5. The van der Waals surface area contributed by atoms with Gasteiger partial charge in [0, 0.05) is 6.04 Å². The Hall–Kier alpha value is -0.650. The normalized spacial score (nSPS) is 39.6. The Bertz CT molecular complexity index is 260. The molecule has 5 heteroatoms. The molecule has 0 aromatic carbocycles. The van der Waals surface area contributed by atoms with Crippen LogP contribution in [0.15, 0.2) is 0 Å². The molecule has 16 heavy (non-hydrogen) atoms. The Kier molecular flexibility index (Phi) is 3.78. The summed E-state index contributed by atoms with van der Waals surface area (Å²) in [5.41, 5.74) is 5.77. The summed E-state index contributed by atoms with van der Waals surface area (Å²) in [5, 5.41) is 12.6. The Morgan fingerprint density at radius 1 is 1.31 bits per heavy atom. The van der Waals surface area contributed by atoms with Crippen molar-refractivity contribution in [3.05, 3.63) is 0 Å². The lowest BCUT2D eigenvalue weighted by Crippen LogP contribution is -2.50. The lowest BCUT2D eigenvalue weighted by atomic mass is 9.92. The molecule has 1 heterocycles. The zero-order valence-corrected chi connectivity index (χ0v) is 9.39. The van der Waals surface area contributed by atoms with Crippen LogP contribution in [0.4, 0.5) is 0 Å². The van der Waals surface area contributed by atoms with Gasteiger partial charge >= 0.3 is 0 Å². The number of carbonyl (C=O) groups is 1. The number of amides is 1. The molecule has 4 N–H and O–H groups in total. The molecule has 0 spiro atoms. The predicted molar refractivity (Wildman–Crippen MR) is 58.7 cm³/mol. The van der Waals surface area contributed by atoms with E-state index in [2.05, 4.69) is 5.32 Å². The number of hydrogen-bond donors (Lipinski definition) is 3. The van der Waals surface area contributed by atoms with Crippen molar-refractivity contribution in [3.8, 4) is 0 Å². The van der Waals surface area contributed by atoms with Gasteiger partial charge in [-0.05, 0) is 12.8 Å². The van der Waals surface area contributed by atoms with E-state index in [0.29, 0.717) is 13.2 Å². The number of hydrogen-bond acceptors (Lipinski definition) is 4. The number of nitrogens with one attached hydrogen (secondary N) is 1. The number of aliphatic hydroxyl groups excluding tert-OH is 1. The van der Waals surface area contributed by atoms with Crippen LogP contribution < -0.4 is 11.1 Å². The highest BCUT2D eigenvalue weighted by atomic mass is 16.5. The van der Waals surface area contributed by atoms with Gasteiger partial charge in [-0.2, -0.15) is 0 Å². The van der Waals surface area contributed by atoms with Crippen LogP contribution in [0.3, 0.4) is 0 Å². The van der Waals surface area contributed by atoms with E-state index in [1.807, 2.05) is 0 Å². The van der Waals surface area contributed by atoms with Crippen LogP contribution in [0.5, 0.6) is 0 Å². The molecule has 0 bridgehead atoms. The van der Waals surface area contributed by atoms with Gasteiger partial charge in [-0.15, -0.1) is 0 Å². The van der Waals surface area contributed by atoms with E-state index >= 15 is 0 Å². The van der Waals surface area contributed by atoms with Crippen molar-refractivity contribution in [2.75, 3.05) is 13.2 Å². The molecule has 0 aromatic rings. The lowest BCUT2D eigenvalue weighted by molar-refractivity contribution is -0.127. The molecule has 1 aliphatic heterocycles. The summed E-state index contributed by atoms with van der Waals surface area (Å²) < 4.78 is 5.16. The maximum atomic E-state index is 11.9. The third-order valence-corrected chi connectivity index (χ3v) is 3.52. The predicted octanol–water partition coefficient (Wildman–Crippen LogP) is -0.620. The summed E-state index contributed by atoms with van der Waals surface area (Å²) in [6, 6.07) is -0.310. The fraction of sp³-hybridized carbons (Fsp3) is 0.909. The summed E-state index contributed by atoms with van der Waals surface area (Å²) in [6.45, 7) is 0.848. The van der Waals surface area contributed by atoms with E-state index in [1.165, 1.54) is 0 Å². The Morgan fingerprint density at radius 2 is 2.06 bits per heavy atom. The van der Waals surface area contributed by atoms with Crippen LogP contribution in [0.1, 0.15) is 25.7 Å². The molecular weight excluding hydrogens is 208 g/mol. The molecule has 2 fully saturated rings. The van der Waals surface area contributed by atoms with E-state index in [-0.39, 0.29) is 23.9 Å². The fourth-order valence-corrected chi connectivity index (χ4v) is 2.41. The summed E-state index contributed by atoms with van der Waals surface area (Å²) in [6.07, 6.45) is 3.33. The van der Waals surface area contributed by atoms with Crippen molar-refractivity contribution in [2.45, 2.75) is 43.9 Å². The molecule has 0 radical (unpaired) electrons. The van der Waals surface area contributed by atoms with Crippen LogP contribution in [0.25, 0.3) is 0 Å². The zero-order valence-electron chi connectivity index (χ0n) is 9.39. The van der Waals surface area contributed by atoms with Gasteiger partial charge in [0.2, 0.25) is 5.91 Å². The van der Waals surface area contributed by atoms with Crippen molar-refractivity contribution >= 4 is 5.91 Å². The molecule has 1 saturated carbocycles. The van der Waals surface area contributed by atoms with Gasteiger partial charge in [-0.25, -0.2) is 0 Å². The number of nitrogens with two attached hydrogens (primary N) is 1. The third kappa shape index (κ3) is 2.53. The van der Waals surface area contributed by atoms with Gasteiger partial charge in [0.1, 0.15) is 0 Å². The SMILES string of the molecule is NC1COCC1C(=O)NC1CCCCC1O. The smallest absolute Gasteiger partial charge is 0.227 e. The second-order valence-electron chi connectivity index (χ2n) is 4.77. The van der Waals surface area contributed by atoms with Gasteiger partial charge in [-0.3, -0.25) is 4.79 Å². The summed E-state index contributed by atoms with van der Waals surface area (Å²) in [4.78, 5) is 11.9. The molecule has 4 unspecified atom stereocenters. The third-order valence-electron chi connectivity index (χ3n) is 3.52. The van der Waals surface area contributed by atoms with Crippen LogP contribution in [0, 0.1) is 5.92 Å². The minimum absolute atomic E-state index is 0.0732. The Balaban J connectivity index is 1.86. The van der Waals surface area contributed by atoms with Crippen LogP contribution >= 0.6 is 0 Å². The maximum absolute atomic E-state index is 11.9. The lowest BCUT2D eigenvalue weighted by Gasteiger charge is -2.29. The average molecular weight is 228 g/mol. The summed E-state index contributed by atoms with van der Waals surface area (Å²) in [7, 11) is 0. The van der Waals surface area contributed by atoms with Gasteiger partial charge in [0.15, 0.2) is 0 Å². The van der Waals surface area contributed by atoms with E-state index in [9.17, 15) is 9.90 Å². The quantitative estimate of drug-likeness (QED) is 0.588. The number of aliphatic hydroxyl groups is 1. The monoisotopic (exact) mass is 228 g/mol. The van der Waals surface area contributed by atoms with Gasteiger partial charge in [0.25, 0.3) is 0 Å². The highest BCUT2D eigenvalue weighted by molar-refractivity contribution is 5.80. The Morgan fingerprint density at radius 3 is 2.69 bits per heavy atom. The topological polar surface area (TPSA) is 84.6 Å². The number of rotatable bonds is 2. The second kappa shape index (κ2) is 5.12. The maximum Gasteiger partial charge on any atom is 0.227 e. The Labute approximate surface area is 95.3 Å². The standard InChI is InChI=1S/C11H20N2O3/c12-8-6-16-5-7(8)11(15)13-9-3-1-2-4-10(9)14/h7-10,14H,1-6,12H2,(H,13,15). The molecule has 1 aliphatic carbocycles. The molecular formula is C11H20N2O3. The van der Waals surface area contributed by atoms with Gasteiger partial charge < -0.3 is 20.9 Å².